The van der Waals surface area contributed by atoms with Crippen LogP contribution in [-0.2, 0) is 0 Å². The number of carbonyl (C=O) groups excluding carboxylic acids is 1. The van der Waals surface area contributed by atoms with Gasteiger partial charge < -0.3 is 4.90 Å². The second-order valence-corrected chi connectivity index (χ2v) is 3.05. The van der Waals surface area contributed by atoms with E-state index in [0.717, 1.165) is 13.1 Å². The lowest BCUT2D eigenvalue weighted by atomic mass is 10.3. The molecule has 1 aromatic rings. The average Bonchev–Trinajstić information content (AvgIpc) is 2.87. The van der Waals surface area contributed by atoms with E-state index in [2.05, 4.69) is 4.98 Å². The molecule has 0 unspecified atom stereocenters. The summed E-state index contributed by atoms with van der Waals surface area (Å²) in [7, 11) is 0. The van der Waals surface area contributed by atoms with E-state index in [1.165, 1.54) is 6.20 Å². The highest BCUT2D eigenvalue weighted by atomic mass is 35.5. The van der Waals surface area contributed by atoms with Gasteiger partial charge in [-0.3, -0.25) is 4.79 Å². The van der Waals surface area contributed by atoms with Crippen molar-refractivity contribution in [3.05, 3.63) is 29.0 Å². The first-order valence-corrected chi connectivity index (χ1v) is 4.06. The summed E-state index contributed by atoms with van der Waals surface area (Å²) < 4.78 is 0. The Labute approximate surface area is 75.0 Å². The van der Waals surface area contributed by atoms with Crippen LogP contribution in [0.2, 0.25) is 5.15 Å². The van der Waals surface area contributed by atoms with Crippen molar-refractivity contribution < 1.29 is 4.79 Å². The van der Waals surface area contributed by atoms with Crippen LogP contribution in [0.1, 0.15) is 10.4 Å². The van der Waals surface area contributed by atoms with Crippen LogP contribution >= 0.6 is 11.6 Å². The van der Waals surface area contributed by atoms with Gasteiger partial charge in [-0.05, 0) is 12.1 Å². The summed E-state index contributed by atoms with van der Waals surface area (Å²) in [4.78, 5) is 16.9. The van der Waals surface area contributed by atoms with Gasteiger partial charge in [0.15, 0.2) is 0 Å². The fourth-order valence-electron chi connectivity index (χ4n) is 0.938. The van der Waals surface area contributed by atoms with Gasteiger partial charge in [0, 0.05) is 19.3 Å². The van der Waals surface area contributed by atoms with Crippen molar-refractivity contribution >= 4 is 17.5 Å². The standard InChI is InChI=1S/C8H7ClN2O/c9-7-2-1-6(5-10-7)8(12)11-3-4-11/h1-2,5H,3-4H2. The Hall–Kier alpha value is -1.09. The van der Waals surface area contributed by atoms with Crippen LogP contribution in [-0.4, -0.2) is 28.9 Å². The first-order chi connectivity index (χ1) is 5.77. The minimum atomic E-state index is 0.0409. The number of hydrogen-bond acceptors (Lipinski definition) is 2. The molecule has 4 heteroatoms. The van der Waals surface area contributed by atoms with E-state index >= 15 is 0 Å². The molecule has 0 spiro atoms. The smallest absolute Gasteiger partial charge is 0.255 e. The molecular formula is C8H7ClN2O. The van der Waals surface area contributed by atoms with Crippen LogP contribution in [0.5, 0.6) is 0 Å². The molecule has 0 radical (unpaired) electrons. The fraction of sp³-hybridized carbons (Fsp3) is 0.250. The molecule has 0 N–H and O–H groups in total. The average molecular weight is 183 g/mol. The number of hydrogen-bond donors (Lipinski definition) is 0. The van der Waals surface area contributed by atoms with Crippen molar-refractivity contribution in [1.29, 1.82) is 0 Å². The Morgan fingerprint density at radius 2 is 2.25 bits per heavy atom. The minimum absolute atomic E-state index is 0.0409. The molecule has 0 saturated carbocycles. The molecule has 3 nitrogen and oxygen atoms in total. The molecule has 1 fully saturated rings. The van der Waals surface area contributed by atoms with E-state index in [-0.39, 0.29) is 5.91 Å². The number of nitrogens with zero attached hydrogens (tertiary/aromatic N) is 2. The third kappa shape index (κ3) is 1.41. The number of carbonyl (C=O) groups is 1. The first-order valence-electron chi connectivity index (χ1n) is 3.68. The molecule has 1 aliphatic heterocycles. The second-order valence-electron chi connectivity index (χ2n) is 2.66. The minimum Gasteiger partial charge on any atom is -0.335 e. The molecular weight excluding hydrogens is 176 g/mol. The summed E-state index contributed by atoms with van der Waals surface area (Å²) >= 11 is 5.58. The molecule has 0 atom stereocenters. The Morgan fingerprint density at radius 1 is 1.50 bits per heavy atom. The van der Waals surface area contributed by atoms with Crippen molar-refractivity contribution in [2.75, 3.05) is 13.1 Å². The van der Waals surface area contributed by atoms with Crippen molar-refractivity contribution in [3.8, 4) is 0 Å². The molecule has 0 aliphatic carbocycles. The van der Waals surface area contributed by atoms with Crippen molar-refractivity contribution in [2.45, 2.75) is 0 Å². The van der Waals surface area contributed by atoms with Crippen LogP contribution in [0.25, 0.3) is 0 Å². The number of aromatic nitrogens is 1. The Morgan fingerprint density at radius 3 is 2.75 bits per heavy atom. The Balaban J connectivity index is 2.22. The molecule has 1 amide bonds. The summed E-state index contributed by atoms with van der Waals surface area (Å²) in [6, 6.07) is 3.31. The summed E-state index contributed by atoms with van der Waals surface area (Å²) in [6.45, 7) is 1.73. The zero-order chi connectivity index (χ0) is 8.55. The van der Waals surface area contributed by atoms with Crippen LogP contribution in [0.3, 0.4) is 0 Å². The highest BCUT2D eigenvalue weighted by molar-refractivity contribution is 6.29. The predicted molar refractivity (Wildman–Crippen MR) is 45.2 cm³/mol. The largest absolute Gasteiger partial charge is 0.335 e. The van der Waals surface area contributed by atoms with Crippen LogP contribution in [0.4, 0.5) is 0 Å². The van der Waals surface area contributed by atoms with Crippen LogP contribution in [0, 0.1) is 0 Å². The predicted octanol–water partition coefficient (Wildman–Crippen LogP) is 1.19. The summed E-state index contributed by atoms with van der Waals surface area (Å²) in [5.74, 6) is 0.0409. The number of halogens is 1. The van der Waals surface area contributed by atoms with Crippen molar-refractivity contribution in [1.82, 2.24) is 9.88 Å². The number of pyridine rings is 1. The van der Waals surface area contributed by atoms with E-state index in [4.69, 9.17) is 11.6 Å². The molecule has 12 heavy (non-hydrogen) atoms. The van der Waals surface area contributed by atoms with Gasteiger partial charge in [0.25, 0.3) is 5.91 Å². The van der Waals surface area contributed by atoms with E-state index < -0.39 is 0 Å². The number of rotatable bonds is 1. The van der Waals surface area contributed by atoms with Gasteiger partial charge in [-0.2, -0.15) is 0 Å². The molecule has 1 aliphatic rings. The van der Waals surface area contributed by atoms with Gasteiger partial charge in [-0.1, -0.05) is 11.6 Å². The quantitative estimate of drug-likeness (QED) is 0.483. The second kappa shape index (κ2) is 2.75. The van der Waals surface area contributed by atoms with Gasteiger partial charge >= 0.3 is 0 Å². The fourth-order valence-corrected chi connectivity index (χ4v) is 1.05. The van der Waals surface area contributed by atoms with Gasteiger partial charge in [0.2, 0.25) is 0 Å². The summed E-state index contributed by atoms with van der Waals surface area (Å²) in [5, 5.41) is 0.414. The lowest BCUT2D eigenvalue weighted by Crippen LogP contribution is -2.10. The monoisotopic (exact) mass is 182 g/mol. The lowest BCUT2D eigenvalue weighted by Gasteiger charge is -1.99. The van der Waals surface area contributed by atoms with Crippen molar-refractivity contribution in [2.24, 2.45) is 0 Å². The maximum atomic E-state index is 11.4. The molecule has 2 heterocycles. The topological polar surface area (TPSA) is 33.0 Å². The molecule has 2 rings (SSSR count). The first kappa shape index (κ1) is 7.55. The maximum absolute atomic E-state index is 11.4. The molecule has 0 bridgehead atoms. The maximum Gasteiger partial charge on any atom is 0.255 e. The third-order valence-electron chi connectivity index (χ3n) is 1.71. The van der Waals surface area contributed by atoms with E-state index in [0.29, 0.717) is 10.7 Å². The van der Waals surface area contributed by atoms with E-state index in [1.807, 2.05) is 0 Å². The zero-order valence-corrected chi connectivity index (χ0v) is 7.08. The highest BCUT2D eigenvalue weighted by Crippen LogP contribution is 2.12. The third-order valence-corrected chi connectivity index (χ3v) is 1.93. The van der Waals surface area contributed by atoms with Crippen LogP contribution in [0.15, 0.2) is 18.3 Å². The zero-order valence-electron chi connectivity index (χ0n) is 6.33. The summed E-state index contributed by atoms with van der Waals surface area (Å²) in [6.07, 6.45) is 1.50. The molecule has 1 aromatic heterocycles. The Kier molecular flexibility index (Phi) is 1.73. The van der Waals surface area contributed by atoms with Crippen molar-refractivity contribution in [3.63, 3.8) is 0 Å². The van der Waals surface area contributed by atoms with E-state index in [1.54, 1.807) is 17.0 Å². The SMILES string of the molecule is O=C(c1ccc(Cl)nc1)N1CC1. The number of amides is 1. The van der Waals surface area contributed by atoms with Gasteiger partial charge in [0.05, 0.1) is 5.56 Å². The van der Waals surface area contributed by atoms with Gasteiger partial charge in [-0.15, -0.1) is 0 Å². The van der Waals surface area contributed by atoms with Crippen LogP contribution < -0.4 is 0 Å². The molecule has 0 aromatic carbocycles. The van der Waals surface area contributed by atoms with Gasteiger partial charge in [0.1, 0.15) is 5.15 Å². The normalized spacial score (nSPS) is 14.6. The lowest BCUT2D eigenvalue weighted by molar-refractivity contribution is 0.0885. The Bertz CT molecular complexity index is 305. The highest BCUT2D eigenvalue weighted by Gasteiger charge is 2.25. The van der Waals surface area contributed by atoms with E-state index in [9.17, 15) is 4.79 Å². The summed E-state index contributed by atoms with van der Waals surface area (Å²) in [5.41, 5.74) is 0.608. The van der Waals surface area contributed by atoms with Gasteiger partial charge in [-0.25, -0.2) is 4.98 Å². The molecule has 62 valence electrons. The molecule has 1 saturated heterocycles.